The predicted molar refractivity (Wildman–Crippen MR) is 96.8 cm³/mol. The number of hydrogen-bond donors (Lipinski definition) is 1. The van der Waals surface area contributed by atoms with Crippen LogP contribution in [-0.2, 0) is 4.79 Å². The number of methoxy groups -OCH3 is 1. The van der Waals surface area contributed by atoms with E-state index >= 15 is 0 Å². The first-order valence-electron chi connectivity index (χ1n) is 8.72. The molecule has 140 valence electrons. The Morgan fingerprint density at radius 3 is 2.81 bits per heavy atom. The lowest BCUT2D eigenvalue weighted by molar-refractivity contribution is -0.123. The zero-order valence-electron chi connectivity index (χ0n) is 15.3. The van der Waals surface area contributed by atoms with E-state index in [1.54, 1.807) is 23.0 Å². The summed E-state index contributed by atoms with van der Waals surface area (Å²) in [5.74, 6) is 1.72. The molecule has 8 heteroatoms. The summed E-state index contributed by atoms with van der Waals surface area (Å²) < 4.78 is 11.2. The first kappa shape index (κ1) is 18.0. The molecule has 0 aromatic heterocycles. The van der Waals surface area contributed by atoms with Gasteiger partial charge in [-0.3, -0.25) is 14.7 Å². The number of carbonyl (C=O) groups is 2. The van der Waals surface area contributed by atoms with E-state index in [-0.39, 0.29) is 24.6 Å². The molecule has 0 radical (unpaired) electrons. The van der Waals surface area contributed by atoms with Gasteiger partial charge in [0, 0.05) is 25.7 Å². The summed E-state index contributed by atoms with van der Waals surface area (Å²) >= 11 is 0. The number of amides is 3. The Hall–Kier alpha value is -2.77. The maximum absolute atomic E-state index is 12.9. The highest BCUT2D eigenvalue weighted by molar-refractivity contribution is 6.10. The van der Waals surface area contributed by atoms with Crippen molar-refractivity contribution in [3.63, 3.8) is 0 Å². The fourth-order valence-corrected chi connectivity index (χ4v) is 3.00. The molecule has 2 aliphatic rings. The lowest BCUT2D eigenvalue weighted by atomic mass is 10.1. The van der Waals surface area contributed by atoms with Gasteiger partial charge in [0.1, 0.15) is 23.9 Å². The lowest BCUT2D eigenvalue weighted by Gasteiger charge is -2.31. The standard InChI is InChI=1S/C18H24N4O4/c1-12(2)26-15-10-13(25-3)4-5-14(15)17-20-7-9-22(17)18(24)21-8-6-19-16(23)11-21/h4-5,10,12H,6-9,11H2,1-3H3,(H,19,23). The number of urea groups is 1. The number of hydrogen-bond acceptors (Lipinski definition) is 5. The van der Waals surface area contributed by atoms with Crippen molar-refractivity contribution in [2.24, 2.45) is 4.99 Å². The molecule has 2 heterocycles. The SMILES string of the molecule is COc1ccc(C2=NCCN2C(=O)N2CCNC(=O)C2)c(OC(C)C)c1. The monoisotopic (exact) mass is 360 g/mol. The lowest BCUT2D eigenvalue weighted by Crippen LogP contribution is -2.54. The highest BCUT2D eigenvalue weighted by Crippen LogP contribution is 2.29. The van der Waals surface area contributed by atoms with Crippen molar-refractivity contribution in [2.45, 2.75) is 20.0 Å². The third-order valence-corrected chi connectivity index (χ3v) is 4.17. The van der Waals surface area contributed by atoms with Gasteiger partial charge in [-0.15, -0.1) is 0 Å². The van der Waals surface area contributed by atoms with Crippen LogP contribution in [0.1, 0.15) is 19.4 Å². The number of amidine groups is 1. The molecule has 1 aromatic rings. The van der Waals surface area contributed by atoms with Crippen LogP contribution in [0.4, 0.5) is 4.79 Å². The minimum Gasteiger partial charge on any atom is -0.497 e. The minimum atomic E-state index is -0.206. The maximum Gasteiger partial charge on any atom is 0.326 e. The molecule has 3 amide bonds. The molecule has 3 rings (SSSR count). The van der Waals surface area contributed by atoms with Gasteiger partial charge in [0.2, 0.25) is 5.91 Å². The van der Waals surface area contributed by atoms with E-state index in [4.69, 9.17) is 9.47 Å². The number of ether oxygens (including phenoxy) is 2. The quantitative estimate of drug-likeness (QED) is 0.871. The molecule has 1 aromatic carbocycles. The van der Waals surface area contributed by atoms with Crippen molar-refractivity contribution in [1.82, 2.24) is 15.1 Å². The van der Waals surface area contributed by atoms with Gasteiger partial charge in [-0.25, -0.2) is 4.79 Å². The summed E-state index contributed by atoms with van der Waals surface area (Å²) in [6.07, 6.45) is -0.0298. The maximum atomic E-state index is 12.9. The second-order valence-corrected chi connectivity index (χ2v) is 6.44. The molecule has 0 saturated carbocycles. The number of aliphatic imine (C=N–C) groups is 1. The summed E-state index contributed by atoms with van der Waals surface area (Å²) in [5.41, 5.74) is 0.742. The molecule has 1 saturated heterocycles. The fraction of sp³-hybridized carbons (Fsp3) is 0.500. The van der Waals surface area contributed by atoms with Crippen LogP contribution in [0.2, 0.25) is 0 Å². The van der Waals surface area contributed by atoms with Crippen molar-refractivity contribution in [2.75, 3.05) is 39.8 Å². The normalized spacial score (nSPS) is 17.2. The van der Waals surface area contributed by atoms with Gasteiger partial charge in [0.05, 0.1) is 25.3 Å². The van der Waals surface area contributed by atoms with Gasteiger partial charge in [-0.05, 0) is 26.0 Å². The van der Waals surface area contributed by atoms with Gasteiger partial charge in [-0.2, -0.15) is 0 Å². The van der Waals surface area contributed by atoms with Crippen molar-refractivity contribution >= 4 is 17.8 Å². The molecule has 1 fully saturated rings. The van der Waals surface area contributed by atoms with Crippen LogP contribution < -0.4 is 14.8 Å². The molecule has 0 aliphatic carbocycles. The second-order valence-electron chi connectivity index (χ2n) is 6.44. The van der Waals surface area contributed by atoms with Crippen LogP contribution in [0.5, 0.6) is 11.5 Å². The molecular formula is C18H24N4O4. The third-order valence-electron chi connectivity index (χ3n) is 4.17. The minimum absolute atomic E-state index is 0.0298. The Morgan fingerprint density at radius 2 is 2.12 bits per heavy atom. The van der Waals surface area contributed by atoms with Crippen LogP contribution in [0.3, 0.4) is 0 Å². The van der Waals surface area contributed by atoms with Crippen molar-refractivity contribution < 1.29 is 19.1 Å². The number of piperazine rings is 1. The molecule has 26 heavy (non-hydrogen) atoms. The van der Waals surface area contributed by atoms with Gasteiger partial charge in [0.25, 0.3) is 0 Å². The van der Waals surface area contributed by atoms with E-state index in [2.05, 4.69) is 10.3 Å². The number of nitrogens with zero attached hydrogens (tertiary/aromatic N) is 3. The zero-order chi connectivity index (χ0) is 18.7. The van der Waals surface area contributed by atoms with Crippen LogP contribution in [-0.4, -0.2) is 73.5 Å². The highest BCUT2D eigenvalue weighted by Gasteiger charge is 2.32. The van der Waals surface area contributed by atoms with E-state index < -0.39 is 0 Å². The van der Waals surface area contributed by atoms with Gasteiger partial charge in [0.15, 0.2) is 0 Å². The highest BCUT2D eigenvalue weighted by atomic mass is 16.5. The first-order chi connectivity index (χ1) is 12.5. The summed E-state index contributed by atoms with van der Waals surface area (Å²) in [6.45, 7) is 5.92. The predicted octanol–water partition coefficient (Wildman–Crippen LogP) is 1.10. The van der Waals surface area contributed by atoms with Crippen LogP contribution in [0.25, 0.3) is 0 Å². The fourth-order valence-electron chi connectivity index (χ4n) is 3.00. The van der Waals surface area contributed by atoms with Crippen molar-refractivity contribution in [3.05, 3.63) is 23.8 Å². The Bertz CT molecular complexity index is 732. The molecule has 0 unspecified atom stereocenters. The van der Waals surface area contributed by atoms with Crippen molar-refractivity contribution in [3.8, 4) is 11.5 Å². The van der Waals surface area contributed by atoms with Crippen LogP contribution in [0.15, 0.2) is 23.2 Å². The second kappa shape index (κ2) is 7.63. The first-order valence-corrected chi connectivity index (χ1v) is 8.72. The molecular weight excluding hydrogens is 336 g/mol. The number of nitrogens with one attached hydrogen (secondary N) is 1. The zero-order valence-corrected chi connectivity index (χ0v) is 15.3. The Kier molecular flexibility index (Phi) is 5.29. The average Bonchev–Trinajstić information content (AvgIpc) is 3.10. The topological polar surface area (TPSA) is 83.5 Å². The Labute approximate surface area is 152 Å². The van der Waals surface area contributed by atoms with E-state index in [0.29, 0.717) is 43.5 Å². The molecule has 0 atom stereocenters. The average molecular weight is 360 g/mol. The third kappa shape index (κ3) is 3.74. The van der Waals surface area contributed by atoms with Crippen LogP contribution >= 0.6 is 0 Å². The summed E-state index contributed by atoms with van der Waals surface area (Å²) in [7, 11) is 1.60. The molecule has 0 spiro atoms. The van der Waals surface area contributed by atoms with Crippen LogP contribution in [0, 0.1) is 0 Å². The van der Waals surface area contributed by atoms with Gasteiger partial charge < -0.3 is 19.7 Å². The van der Waals surface area contributed by atoms with E-state index in [1.807, 2.05) is 26.0 Å². The Balaban J connectivity index is 1.88. The number of benzene rings is 1. The van der Waals surface area contributed by atoms with E-state index in [9.17, 15) is 9.59 Å². The molecule has 2 aliphatic heterocycles. The van der Waals surface area contributed by atoms with Crippen molar-refractivity contribution in [1.29, 1.82) is 0 Å². The molecule has 1 N–H and O–H groups in total. The van der Waals surface area contributed by atoms with E-state index in [0.717, 1.165) is 5.56 Å². The number of carbonyl (C=O) groups excluding carboxylic acids is 2. The largest absolute Gasteiger partial charge is 0.497 e. The van der Waals surface area contributed by atoms with Gasteiger partial charge in [-0.1, -0.05) is 0 Å². The van der Waals surface area contributed by atoms with E-state index in [1.165, 1.54) is 0 Å². The summed E-state index contributed by atoms with van der Waals surface area (Å²) in [6, 6.07) is 5.26. The number of rotatable bonds is 4. The molecule has 0 bridgehead atoms. The Morgan fingerprint density at radius 1 is 1.31 bits per heavy atom. The summed E-state index contributed by atoms with van der Waals surface area (Å²) in [4.78, 5) is 32.2. The smallest absolute Gasteiger partial charge is 0.326 e. The molecule has 8 nitrogen and oxygen atoms in total. The van der Waals surface area contributed by atoms with Gasteiger partial charge >= 0.3 is 6.03 Å². The summed E-state index contributed by atoms with van der Waals surface area (Å²) in [5, 5.41) is 2.73.